The van der Waals surface area contributed by atoms with Crippen molar-refractivity contribution < 1.29 is 14.5 Å². The molecule has 1 aliphatic rings. The fraction of sp³-hybridized carbons (Fsp3) is 0.231. The molecule has 5 rings (SSSR count). The maximum atomic E-state index is 13.1. The number of imidazole rings is 1. The molecule has 0 N–H and O–H groups in total. The molecule has 0 unspecified atom stereocenters. The first-order chi connectivity index (χ1) is 17.0. The summed E-state index contributed by atoms with van der Waals surface area (Å²) in [4.78, 5) is 32.2. The SMILES string of the molecule is Cc1ccc2nc(COc3cccc(C(=O)N4CCN(c5cccc([N+](=O)[O-])c5)CC4)c3)cn2c1. The molecule has 0 atom stereocenters. The second-order valence-corrected chi connectivity index (χ2v) is 8.58. The van der Waals surface area contributed by atoms with Crippen LogP contribution in [0.15, 0.2) is 73.1 Å². The van der Waals surface area contributed by atoms with Crippen molar-refractivity contribution in [3.8, 4) is 5.75 Å². The van der Waals surface area contributed by atoms with Crippen LogP contribution in [0.1, 0.15) is 21.6 Å². The van der Waals surface area contributed by atoms with Crippen molar-refractivity contribution >= 4 is 22.9 Å². The molecule has 2 aromatic heterocycles. The zero-order chi connectivity index (χ0) is 24.4. The highest BCUT2D eigenvalue weighted by Gasteiger charge is 2.23. The maximum absolute atomic E-state index is 13.1. The van der Waals surface area contributed by atoms with E-state index in [1.807, 2.05) is 54.0 Å². The topological polar surface area (TPSA) is 93.2 Å². The Bertz CT molecular complexity index is 1390. The summed E-state index contributed by atoms with van der Waals surface area (Å²) in [6.07, 6.45) is 3.96. The number of aromatic nitrogens is 2. The maximum Gasteiger partial charge on any atom is 0.271 e. The first-order valence-corrected chi connectivity index (χ1v) is 11.4. The highest BCUT2D eigenvalue weighted by atomic mass is 16.6. The molecule has 0 bridgehead atoms. The van der Waals surface area contributed by atoms with E-state index in [0.717, 1.165) is 22.6 Å². The Hall–Kier alpha value is -4.40. The van der Waals surface area contributed by atoms with E-state index < -0.39 is 4.92 Å². The lowest BCUT2D eigenvalue weighted by atomic mass is 10.1. The number of ether oxygens (including phenoxy) is 1. The van der Waals surface area contributed by atoms with E-state index >= 15 is 0 Å². The number of hydrogen-bond donors (Lipinski definition) is 0. The minimum Gasteiger partial charge on any atom is -0.487 e. The standard InChI is InChI=1S/C26H25N5O4/c1-19-8-9-25-27-21(17-30(25)16-19)18-35-24-7-2-4-20(14-24)26(32)29-12-10-28(11-13-29)22-5-3-6-23(15-22)31(33)34/h2-9,14-17H,10-13,18H2,1H3. The number of nitro benzene ring substituents is 1. The average Bonchev–Trinajstić information content (AvgIpc) is 3.29. The molecule has 0 spiro atoms. The van der Waals surface area contributed by atoms with Gasteiger partial charge in [0.05, 0.1) is 10.6 Å². The summed E-state index contributed by atoms with van der Waals surface area (Å²) in [5.74, 6) is 0.552. The summed E-state index contributed by atoms with van der Waals surface area (Å²) in [6, 6.07) is 17.8. The Morgan fingerprint density at radius 2 is 1.83 bits per heavy atom. The number of carbonyl (C=O) groups excluding carboxylic acids is 1. The number of benzene rings is 2. The predicted molar refractivity (Wildman–Crippen MR) is 132 cm³/mol. The normalized spacial score (nSPS) is 13.7. The highest BCUT2D eigenvalue weighted by molar-refractivity contribution is 5.94. The van der Waals surface area contributed by atoms with E-state index in [4.69, 9.17) is 4.74 Å². The zero-order valence-corrected chi connectivity index (χ0v) is 19.3. The Labute approximate surface area is 202 Å². The lowest BCUT2D eigenvalue weighted by molar-refractivity contribution is -0.384. The number of nitrogens with zero attached hydrogens (tertiary/aromatic N) is 5. The summed E-state index contributed by atoms with van der Waals surface area (Å²) < 4.78 is 7.90. The van der Waals surface area contributed by atoms with Gasteiger partial charge in [0.1, 0.15) is 18.0 Å². The predicted octanol–water partition coefficient (Wildman–Crippen LogP) is 4.09. The Morgan fingerprint density at radius 3 is 2.63 bits per heavy atom. The number of rotatable bonds is 6. The largest absolute Gasteiger partial charge is 0.487 e. The molecule has 1 fully saturated rings. The van der Waals surface area contributed by atoms with E-state index in [-0.39, 0.29) is 11.6 Å². The minimum atomic E-state index is -0.395. The van der Waals surface area contributed by atoms with Gasteiger partial charge in [0.2, 0.25) is 0 Å². The Morgan fingerprint density at radius 1 is 1.03 bits per heavy atom. The van der Waals surface area contributed by atoms with Crippen molar-refractivity contribution in [3.05, 3.63) is 100.0 Å². The lowest BCUT2D eigenvalue weighted by Crippen LogP contribution is -2.48. The van der Waals surface area contributed by atoms with Gasteiger partial charge >= 0.3 is 0 Å². The van der Waals surface area contributed by atoms with E-state index in [2.05, 4.69) is 9.88 Å². The molecule has 35 heavy (non-hydrogen) atoms. The van der Waals surface area contributed by atoms with Gasteiger partial charge in [-0.2, -0.15) is 0 Å². The third-order valence-electron chi connectivity index (χ3n) is 6.09. The Kier molecular flexibility index (Phi) is 6.05. The Balaban J connectivity index is 1.20. The van der Waals surface area contributed by atoms with Crippen molar-refractivity contribution in [1.82, 2.24) is 14.3 Å². The first kappa shape index (κ1) is 22.4. The summed E-state index contributed by atoms with van der Waals surface area (Å²) in [6.45, 7) is 4.62. The molecule has 178 valence electrons. The van der Waals surface area contributed by atoms with Crippen molar-refractivity contribution in [1.29, 1.82) is 0 Å². The molecule has 1 amide bonds. The molecule has 0 aliphatic carbocycles. The van der Waals surface area contributed by atoms with Crippen LogP contribution in [0.2, 0.25) is 0 Å². The van der Waals surface area contributed by atoms with E-state index in [9.17, 15) is 14.9 Å². The van der Waals surface area contributed by atoms with Crippen LogP contribution in [0.25, 0.3) is 5.65 Å². The highest BCUT2D eigenvalue weighted by Crippen LogP contribution is 2.23. The minimum absolute atomic E-state index is 0.0580. The average molecular weight is 472 g/mol. The van der Waals surface area contributed by atoms with Gasteiger partial charge in [-0.1, -0.05) is 18.2 Å². The van der Waals surface area contributed by atoms with Crippen LogP contribution < -0.4 is 9.64 Å². The van der Waals surface area contributed by atoms with Crippen molar-refractivity contribution in [2.75, 3.05) is 31.1 Å². The number of hydrogen-bond acceptors (Lipinski definition) is 6. The van der Waals surface area contributed by atoms with Gasteiger partial charge in [-0.15, -0.1) is 0 Å². The number of non-ortho nitro benzene ring substituents is 1. The summed E-state index contributed by atoms with van der Waals surface area (Å²) in [7, 11) is 0. The van der Waals surface area contributed by atoms with Crippen LogP contribution in [0.5, 0.6) is 5.75 Å². The quantitative estimate of drug-likeness (QED) is 0.311. The van der Waals surface area contributed by atoms with Gasteiger partial charge < -0.3 is 18.9 Å². The molecule has 9 nitrogen and oxygen atoms in total. The summed E-state index contributed by atoms with van der Waals surface area (Å²) >= 11 is 0. The monoisotopic (exact) mass is 471 g/mol. The van der Waals surface area contributed by atoms with E-state index in [0.29, 0.717) is 44.1 Å². The number of nitro groups is 1. The molecule has 3 heterocycles. The molecule has 0 radical (unpaired) electrons. The van der Waals surface area contributed by atoms with Gasteiger partial charge in [-0.3, -0.25) is 14.9 Å². The number of amides is 1. The summed E-state index contributed by atoms with van der Waals surface area (Å²) in [5.41, 5.74) is 4.25. The van der Waals surface area contributed by atoms with E-state index in [1.54, 1.807) is 29.2 Å². The lowest BCUT2D eigenvalue weighted by Gasteiger charge is -2.36. The first-order valence-electron chi connectivity index (χ1n) is 11.4. The number of anilines is 1. The second kappa shape index (κ2) is 9.46. The molecule has 4 aromatic rings. The fourth-order valence-electron chi connectivity index (χ4n) is 4.25. The molecule has 1 saturated heterocycles. The fourth-order valence-corrected chi connectivity index (χ4v) is 4.25. The molecular weight excluding hydrogens is 446 g/mol. The molecule has 9 heteroatoms. The number of aryl methyl sites for hydroxylation is 1. The number of carbonyl (C=O) groups is 1. The van der Waals surface area contributed by atoms with E-state index in [1.165, 1.54) is 6.07 Å². The van der Waals surface area contributed by atoms with Crippen LogP contribution in [-0.2, 0) is 6.61 Å². The van der Waals surface area contributed by atoms with Gasteiger partial charge in [0.25, 0.3) is 11.6 Å². The number of piperazine rings is 1. The molecular formula is C26H25N5O4. The second-order valence-electron chi connectivity index (χ2n) is 8.58. The van der Waals surface area contributed by atoms with Gasteiger partial charge in [0, 0.05) is 62.0 Å². The molecule has 1 aliphatic heterocycles. The van der Waals surface area contributed by atoms with Crippen LogP contribution >= 0.6 is 0 Å². The number of fused-ring (bicyclic) bond motifs is 1. The smallest absolute Gasteiger partial charge is 0.271 e. The zero-order valence-electron chi connectivity index (χ0n) is 19.3. The van der Waals surface area contributed by atoms with Gasteiger partial charge in [0.15, 0.2) is 0 Å². The van der Waals surface area contributed by atoms with Crippen molar-refractivity contribution in [2.45, 2.75) is 13.5 Å². The van der Waals surface area contributed by atoms with Crippen LogP contribution in [-0.4, -0.2) is 51.3 Å². The van der Waals surface area contributed by atoms with Crippen LogP contribution in [0, 0.1) is 17.0 Å². The molecule has 2 aromatic carbocycles. The van der Waals surface area contributed by atoms with Crippen LogP contribution in [0.4, 0.5) is 11.4 Å². The third-order valence-corrected chi connectivity index (χ3v) is 6.09. The van der Waals surface area contributed by atoms with Gasteiger partial charge in [-0.05, 0) is 42.8 Å². The van der Waals surface area contributed by atoms with Crippen molar-refractivity contribution in [2.24, 2.45) is 0 Å². The number of pyridine rings is 1. The third kappa shape index (κ3) is 4.93. The van der Waals surface area contributed by atoms with Crippen molar-refractivity contribution in [3.63, 3.8) is 0 Å². The summed E-state index contributed by atoms with van der Waals surface area (Å²) in [5, 5.41) is 11.1. The molecule has 0 saturated carbocycles. The van der Waals surface area contributed by atoms with Gasteiger partial charge in [-0.25, -0.2) is 4.98 Å². The van der Waals surface area contributed by atoms with Crippen LogP contribution in [0.3, 0.4) is 0 Å².